The third-order valence-electron chi connectivity index (χ3n) is 4.83. The van der Waals surface area contributed by atoms with Gasteiger partial charge in [0.05, 0.1) is 12.5 Å². The molecule has 1 aromatic heterocycles. The third-order valence-corrected chi connectivity index (χ3v) is 4.83. The summed E-state index contributed by atoms with van der Waals surface area (Å²) >= 11 is 0. The van der Waals surface area contributed by atoms with Gasteiger partial charge in [-0.15, -0.1) is 12.3 Å². The average Bonchev–Trinajstić information content (AvgIpc) is 3.23. The Bertz CT molecular complexity index is 821. The highest BCUT2D eigenvalue weighted by Crippen LogP contribution is 2.37. The summed E-state index contributed by atoms with van der Waals surface area (Å²) in [7, 11) is 0. The van der Waals surface area contributed by atoms with E-state index in [1.807, 2.05) is 20.8 Å². The Hall–Kier alpha value is -2.89. The Balaban J connectivity index is 1.41. The number of aromatic nitrogens is 1. The molecule has 1 N–H and O–H groups in total. The van der Waals surface area contributed by atoms with Gasteiger partial charge >= 0.3 is 6.09 Å². The van der Waals surface area contributed by atoms with E-state index < -0.39 is 11.3 Å². The number of nitrogens with zero attached hydrogens (tertiary/aromatic N) is 4. The molecule has 0 saturated carbocycles. The number of carbonyl (C=O) groups excluding carboxylic acids is 2. The van der Waals surface area contributed by atoms with Crippen LogP contribution in [-0.2, 0) is 16.1 Å². The zero-order valence-electron chi connectivity index (χ0n) is 17.1. The van der Waals surface area contributed by atoms with E-state index in [4.69, 9.17) is 15.6 Å². The largest absolute Gasteiger partial charge is 0.448 e. The van der Waals surface area contributed by atoms with Crippen molar-refractivity contribution in [2.24, 2.45) is 10.2 Å². The number of amides is 2. The van der Waals surface area contributed by atoms with Crippen LogP contribution in [0.2, 0.25) is 0 Å². The molecular formula is C20H27N5O4. The van der Waals surface area contributed by atoms with Crippen molar-refractivity contribution in [1.29, 1.82) is 0 Å². The van der Waals surface area contributed by atoms with Gasteiger partial charge in [-0.1, -0.05) is 0 Å². The van der Waals surface area contributed by atoms with Crippen LogP contribution in [0, 0.1) is 12.3 Å². The summed E-state index contributed by atoms with van der Waals surface area (Å²) in [6, 6.07) is 0. The van der Waals surface area contributed by atoms with Crippen LogP contribution in [0.1, 0.15) is 63.8 Å². The Morgan fingerprint density at radius 1 is 1.38 bits per heavy atom. The molecule has 0 spiro atoms. The van der Waals surface area contributed by atoms with E-state index in [0.29, 0.717) is 50.2 Å². The molecule has 156 valence electrons. The summed E-state index contributed by atoms with van der Waals surface area (Å²) in [6.45, 7) is 6.79. The smallest absolute Gasteiger partial charge is 0.410 e. The van der Waals surface area contributed by atoms with Gasteiger partial charge in [0.1, 0.15) is 17.1 Å². The highest BCUT2D eigenvalue weighted by molar-refractivity contribution is 5.76. The molecule has 0 unspecified atom stereocenters. The number of nitrogens with one attached hydrogen (secondary N) is 1. The molecule has 2 aliphatic rings. The Labute approximate surface area is 170 Å². The summed E-state index contributed by atoms with van der Waals surface area (Å²) in [4.78, 5) is 30.0. The lowest BCUT2D eigenvalue weighted by Crippen LogP contribution is -2.50. The Morgan fingerprint density at radius 2 is 2.10 bits per heavy atom. The van der Waals surface area contributed by atoms with Crippen molar-refractivity contribution < 1.29 is 18.7 Å². The molecule has 1 aromatic rings. The van der Waals surface area contributed by atoms with E-state index in [2.05, 4.69) is 26.4 Å². The molecule has 0 atom stereocenters. The molecule has 29 heavy (non-hydrogen) atoms. The van der Waals surface area contributed by atoms with Crippen LogP contribution in [0.5, 0.6) is 0 Å². The molecule has 0 bridgehead atoms. The van der Waals surface area contributed by atoms with E-state index in [1.165, 1.54) is 6.39 Å². The highest BCUT2D eigenvalue weighted by atomic mass is 16.6. The maximum Gasteiger partial charge on any atom is 0.410 e. The molecule has 9 nitrogen and oxygen atoms in total. The molecule has 3 heterocycles. The average molecular weight is 401 g/mol. The van der Waals surface area contributed by atoms with E-state index in [0.717, 1.165) is 0 Å². The van der Waals surface area contributed by atoms with Crippen molar-refractivity contribution in [3.63, 3.8) is 0 Å². The molecule has 0 aliphatic carbocycles. The number of terminal acetylenes is 1. The second kappa shape index (κ2) is 8.23. The van der Waals surface area contributed by atoms with Gasteiger partial charge in [0.15, 0.2) is 12.1 Å². The van der Waals surface area contributed by atoms with Crippen molar-refractivity contribution in [2.45, 2.75) is 70.2 Å². The second-order valence-electron chi connectivity index (χ2n) is 8.41. The van der Waals surface area contributed by atoms with Gasteiger partial charge in [0, 0.05) is 38.8 Å². The topological polar surface area (TPSA) is 109 Å². The maximum atomic E-state index is 12.2. The molecule has 1 fully saturated rings. The van der Waals surface area contributed by atoms with E-state index in [-0.39, 0.29) is 24.5 Å². The van der Waals surface area contributed by atoms with E-state index >= 15 is 0 Å². The van der Waals surface area contributed by atoms with Crippen LogP contribution in [-0.4, -0.2) is 46.2 Å². The SMILES string of the molecule is C#CCCC1(CCC(=O)NCc2ncoc2C2CN(C(=O)OC(C)(C)C)C2)N=N1. The van der Waals surface area contributed by atoms with Crippen LogP contribution in [0.3, 0.4) is 0 Å². The standard InChI is InChI=1S/C20H27N5O4/c1-5-6-8-20(23-24-20)9-7-16(26)21-10-15-17(28-13-22-15)14-11-25(12-14)18(27)29-19(2,3)4/h1,13-14H,6-12H2,2-4H3,(H,21,26). The zero-order valence-corrected chi connectivity index (χ0v) is 17.1. The fourth-order valence-electron chi connectivity index (χ4n) is 3.12. The summed E-state index contributed by atoms with van der Waals surface area (Å²) in [5.41, 5.74) is -0.306. The predicted molar refractivity (Wildman–Crippen MR) is 104 cm³/mol. The molecule has 0 radical (unpaired) electrons. The number of carbonyl (C=O) groups is 2. The molecule has 9 heteroatoms. The first-order chi connectivity index (χ1) is 13.7. The van der Waals surface area contributed by atoms with Crippen LogP contribution in [0.25, 0.3) is 0 Å². The lowest BCUT2D eigenvalue weighted by Gasteiger charge is -2.38. The minimum Gasteiger partial charge on any atom is -0.448 e. The van der Waals surface area contributed by atoms with Crippen LogP contribution < -0.4 is 5.32 Å². The number of ether oxygens (including phenoxy) is 1. The van der Waals surface area contributed by atoms with E-state index in [9.17, 15) is 9.59 Å². The summed E-state index contributed by atoms with van der Waals surface area (Å²) in [6.07, 6.45) is 8.45. The van der Waals surface area contributed by atoms with Gasteiger partial charge in [0.25, 0.3) is 0 Å². The predicted octanol–water partition coefficient (Wildman–Crippen LogP) is 2.98. The van der Waals surface area contributed by atoms with Crippen LogP contribution >= 0.6 is 0 Å². The number of rotatable bonds is 8. The molecule has 0 aromatic carbocycles. The van der Waals surface area contributed by atoms with Gasteiger partial charge in [-0.2, -0.15) is 10.2 Å². The third kappa shape index (κ3) is 5.56. The molecule has 2 aliphatic heterocycles. The lowest BCUT2D eigenvalue weighted by atomic mass is 9.96. The summed E-state index contributed by atoms with van der Waals surface area (Å²) in [5.74, 6) is 3.22. The highest BCUT2D eigenvalue weighted by Gasteiger charge is 2.40. The first-order valence-corrected chi connectivity index (χ1v) is 9.76. The van der Waals surface area contributed by atoms with Crippen molar-refractivity contribution in [3.05, 3.63) is 17.8 Å². The van der Waals surface area contributed by atoms with Gasteiger partial charge in [-0.25, -0.2) is 9.78 Å². The van der Waals surface area contributed by atoms with Gasteiger partial charge in [-0.05, 0) is 20.8 Å². The number of hydrogen-bond acceptors (Lipinski definition) is 7. The van der Waals surface area contributed by atoms with Crippen LogP contribution in [0.4, 0.5) is 4.79 Å². The maximum absolute atomic E-state index is 12.2. The number of likely N-dealkylation sites (tertiary alicyclic amines) is 1. The minimum atomic E-state index is -0.524. The first-order valence-electron chi connectivity index (χ1n) is 9.76. The van der Waals surface area contributed by atoms with Gasteiger partial charge in [-0.3, -0.25) is 4.79 Å². The van der Waals surface area contributed by atoms with Crippen molar-refractivity contribution in [1.82, 2.24) is 15.2 Å². The van der Waals surface area contributed by atoms with Gasteiger partial charge < -0.3 is 19.4 Å². The fraction of sp³-hybridized carbons (Fsp3) is 0.650. The minimum absolute atomic E-state index is 0.0491. The fourth-order valence-corrected chi connectivity index (χ4v) is 3.12. The zero-order chi connectivity index (χ0) is 21.1. The lowest BCUT2D eigenvalue weighted by molar-refractivity contribution is -0.121. The quantitative estimate of drug-likeness (QED) is 0.674. The normalized spacial score (nSPS) is 17.4. The van der Waals surface area contributed by atoms with Crippen molar-refractivity contribution >= 4 is 12.0 Å². The second-order valence-corrected chi connectivity index (χ2v) is 8.41. The molecular weight excluding hydrogens is 374 g/mol. The molecule has 1 saturated heterocycles. The number of oxazole rings is 1. The monoisotopic (exact) mass is 401 g/mol. The summed E-state index contributed by atoms with van der Waals surface area (Å²) in [5, 5.41) is 10.9. The van der Waals surface area contributed by atoms with Gasteiger partial charge in [0.2, 0.25) is 5.91 Å². The summed E-state index contributed by atoms with van der Waals surface area (Å²) < 4.78 is 10.9. The Kier molecular flexibility index (Phi) is 5.91. The number of hydrogen-bond donors (Lipinski definition) is 1. The van der Waals surface area contributed by atoms with E-state index in [1.54, 1.807) is 4.90 Å². The Morgan fingerprint density at radius 3 is 2.72 bits per heavy atom. The molecule has 3 rings (SSSR count). The first kappa shape index (κ1) is 20.8. The van der Waals surface area contributed by atoms with Crippen LogP contribution in [0.15, 0.2) is 21.0 Å². The van der Waals surface area contributed by atoms with Crippen molar-refractivity contribution in [2.75, 3.05) is 13.1 Å². The molecule has 2 amide bonds. The van der Waals surface area contributed by atoms with Crippen molar-refractivity contribution in [3.8, 4) is 12.3 Å².